The van der Waals surface area contributed by atoms with E-state index in [9.17, 15) is 15.0 Å². The predicted octanol–water partition coefficient (Wildman–Crippen LogP) is 2.66. The molecule has 2 aliphatic heterocycles. The van der Waals surface area contributed by atoms with E-state index in [4.69, 9.17) is 34.3 Å². The number of rotatable bonds is 5. The third-order valence-corrected chi connectivity index (χ3v) is 4.54. The summed E-state index contributed by atoms with van der Waals surface area (Å²) in [6, 6.07) is 13.5. The highest BCUT2D eigenvalue weighted by Crippen LogP contribution is 2.30. The number of hydrogen-bond acceptors (Lipinski definition) is 11. The van der Waals surface area contributed by atoms with Crippen LogP contribution in [0.2, 0.25) is 0 Å². The number of hydrogen-bond donors (Lipinski definition) is 4. The van der Waals surface area contributed by atoms with Crippen LogP contribution >= 0.6 is 0 Å². The van der Waals surface area contributed by atoms with Crippen LogP contribution in [0.15, 0.2) is 58.8 Å². The monoisotopic (exact) mass is 517 g/mol. The zero-order valence-corrected chi connectivity index (χ0v) is 20.3. The van der Waals surface area contributed by atoms with Gasteiger partial charge in [0.1, 0.15) is 11.5 Å². The van der Waals surface area contributed by atoms with Crippen molar-refractivity contribution in [1.29, 1.82) is 0 Å². The number of phenols is 2. The molecule has 2 heterocycles. The summed E-state index contributed by atoms with van der Waals surface area (Å²) in [6.45, 7) is 3.44. The fourth-order valence-corrected chi connectivity index (χ4v) is 3.21. The molecule has 198 valence electrons. The molecule has 0 aromatic heterocycles. The zero-order chi connectivity index (χ0) is 27.5. The van der Waals surface area contributed by atoms with Gasteiger partial charge in [-0.05, 0) is 24.3 Å². The highest BCUT2D eigenvalue weighted by atomic mass is 16.8. The minimum atomic E-state index is -0.833. The van der Waals surface area contributed by atoms with Crippen LogP contribution in [0.3, 0.4) is 0 Å². The number of carboxylic acids is 2. The number of aromatic hydroxyl groups is 2. The Balaban J connectivity index is 0.000000530. The van der Waals surface area contributed by atoms with Crippen molar-refractivity contribution >= 4 is 29.3 Å². The molecule has 0 saturated heterocycles. The molecule has 37 heavy (non-hydrogen) atoms. The van der Waals surface area contributed by atoms with Crippen LogP contribution in [0.5, 0.6) is 11.5 Å². The molecule has 0 aliphatic carbocycles. The Morgan fingerprint density at radius 1 is 0.784 bits per heavy atom. The second kappa shape index (κ2) is 13.4. The molecule has 2 unspecified atom stereocenters. The second-order valence-electron chi connectivity index (χ2n) is 7.62. The molecule has 0 amide bonds. The Kier molecular flexibility index (Phi) is 10.4. The van der Waals surface area contributed by atoms with Crippen LogP contribution in [-0.2, 0) is 28.9 Å². The molecule has 0 fully saturated rings. The van der Waals surface area contributed by atoms with Crippen molar-refractivity contribution in [3.8, 4) is 11.5 Å². The Hall–Kier alpha value is -4.65. The number of carbonyl (C=O) groups is 3. The lowest BCUT2D eigenvalue weighted by molar-refractivity contribution is -0.292. The van der Waals surface area contributed by atoms with Gasteiger partial charge < -0.3 is 34.9 Å². The number of hydroxylamine groups is 2. The van der Waals surface area contributed by atoms with Gasteiger partial charge in [0.2, 0.25) is 12.5 Å². The van der Waals surface area contributed by atoms with Crippen LogP contribution in [0.25, 0.3) is 0 Å². The van der Waals surface area contributed by atoms with Gasteiger partial charge in [0.15, 0.2) is 0 Å². The molecule has 0 bridgehead atoms. The largest absolute Gasteiger partial charge is 0.507 e. The SMILES string of the molecule is CC(=O)O.CC(=O)O.CC(=O)ON(C1CC(c2ccccc2O)=NO1)C1CC(c2ccccc2O)=NO1. The Labute approximate surface area is 211 Å². The summed E-state index contributed by atoms with van der Waals surface area (Å²) in [6.07, 6.45) is -0.984. The van der Waals surface area contributed by atoms with Gasteiger partial charge in [-0.25, -0.2) is 0 Å². The number of phenolic OH excluding ortho intramolecular Hbond substituents is 2. The van der Waals surface area contributed by atoms with Crippen LogP contribution in [-0.4, -0.2) is 67.3 Å². The van der Waals surface area contributed by atoms with Crippen molar-refractivity contribution in [3.05, 3.63) is 59.7 Å². The number of oxime groups is 2. The summed E-state index contributed by atoms with van der Waals surface area (Å²) in [5.74, 6) is -2.06. The van der Waals surface area contributed by atoms with E-state index in [0.717, 1.165) is 13.8 Å². The van der Waals surface area contributed by atoms with Gasteiger partial charge in [0.05, 0.1) is 24.3 Å². The first-order valence-electron chi connectivity index (χ1n) is 10.9. The number of para-hydroxylation sites is 2. The van der Waals surface area contributed by atoms with Gasteiger partial charge in [0, 0.05) is 31.9 Å². The van der Waals surface area contributed by atoms with Crippen molar-refractivity contribution in [2.75, 3.05) is 0 Å². The fourth-order valence-electron chi connectivity index (χ4n) is 3.21. The third kappa shape index (κ3) is 8.81. The van der Waals surface area contributed by atoms with Crippen molar-refractivity contribution < 1.29 is 49.3 Å². The highest BCUT2D eigenvalue weighted by Gasteiger charge is 2.40. The standard InChI is InChI=1S/C20H19N3O6.2C2H4O2/c1-12(24)29-23(19-10-15(21-27-19)13-6-2-4-8-17(13)25)20-11-16(22-28-20)14-7-3-5-9-18(14)26;2*1-2(3)4/h2-9,19-20,25-26H,10-11H2,1H3;2*1H3,(H,3,4). The zero-order valence-electron chi connectivity index (χ0n) is 20.3. The summed E-state index contributed by atoms with van der Waals surface area (Å²) >= 11 is 0. The average molecular weight is 517 g/mol. The van der Waals surface area contributed by atoms with E-state index in [1.807, 2.05) is 0 Å². The number of nitrogens with zero attached hydrogens (tertiary/aromatic N) is 3. The normalized spacial score (nSPS) is 17.5. The molecule has 13 nitrogen and oxygen atoms in total. The molecule has 0 saturated carbocycles. The smallest absolute Gasteiger partial charge is 0.322 e. The number of benzene rings is 2. The van der Waals surface area contributed by atoms with E-state index in [0.29, 0.717) is 22.6 Å². The van der Waals surface area contributed by atoms with Crippen molar-refractivity contribution in [2.45, 2.75) is 46.1 Å². The van der Waals surface area contributed by atoms with Gasteiger partial charge in [-0.15, -0.1) is 0 Å². The Bertz CT molecular complexity index is 1090. The minimum absolute atomic E-state index is 0.0804. The van der Waals surface area contributed by atoms with E-state index >= 15 is 0 Å². The molecule has 13 heteroatoms. The van der Waals surface area contributed by atoms with E-state index < -0.39 is 30.4 Å². The van der Waals surface area contributed by atoms with E-state index in [1.165, 1.54) is 12.0 Å². The van der Waals surface area contributed by atoms with Crippen molar-refractivity contribution in [2.24, 2.45) is 10.3 Å². The number of carboxylic acid groups (broad SMARTS) is 2. The second-order valence-corrected chi connectivity index (χ2v) is 7.62. The summed E-state index contributed by atoms with van der Waals surface area (Å²) in [5.41, 5.74) is 2.11. The minimum Gasteiger partial charge on any atom is -0.507 e. The molecule has 2 aliphatic rings. The van der Waals surface area contributed by atoms with E-state index in [-0.39, 0.29) is 24.3 Å². The van der Waals surface area contributed by atoms with Gasteiger partial charge >= 0.3 is 5.97 Å². The molecular weight excluding hydrogens is 490 g/mol. The highest BCUT2D eigenvalue weighted by molar-refractivity contribution is 6.04. The molecule has 4 rings (SSSR count). The predicted molar refractivity (Wildman–Crippen MR) is 128 cm³/mol. The lowest BCUT2D eigenvalue weighted by Crippen LogP contribution is -2.44. The van der Waals surface area contributed by atoms with E-state index in [2.05, 4.69) is 10.3 Å². The van der Waals surface area contributed by atoms with Crippen LogP contribution in [0.1, 0.15) is 44.7 Å². The van der Waals surface area contributed by atoms with Gasteiger partial charge in [-0.2, -0.15) is 0 Å². The number of carbonyl (C=O) groups excluding carboxylic acids is 1. The number of aliphatic carboxylic acids is 2. The molecule has 2 aromatic rings. The first-order valence-corrected chi connectivity index (χ1v) is 10.9. The van der Waals surface area contributed by atoms with Gasteiger partial charge in [-0.1, -0.05) is 39.6 Å². The molecule has 0 radical (unpaired) electrons. The average Bonchev–Trinajstić information content (AvgIpc) is 3.48. The first kappa shape index (κ1) is 28.6. The summed E-state index contributed by atoms with van der Waals surface area (Å²) in [7, 11) is 0. The maximum atomic E-state index is 11.6. The lowest BCUT2D eigenvalue weighted by Gasteiger charge is -2.27. The quantitative estimate of drug-likeness (QED) is 0.427. The van der Waals surface area contributed by atoms with Gasteiger partial charge in [-0.3, -0.25) is 14.4 Å². The maximum absolute atomic E-state index is 11.6. The fraction of sp³-hybridized carbons (Fsp3) is 0.292. The third-order valence-electron chi connectivity index (χ3n) is 4.54. The first-order chi connectivity index (χ1) is 17.5. The summed E-state index contributed by atoms with van der Waals surface area (Å²) in [5, 5.41) is 44.2. The van der Waals surface area contributed by atoms with Gasteiger partial charge in [0.25, 0.3) is 11.9 Å². The molecule has 0 spiro atoms. The Morgan fingerprint density at radius 3 is 1.46 bits per heavy atom. The van der Waals surface area contributed by atoms with Crippen molar-refractivity contribution in [3.63, 3.8) is 0 Å². The topological polar surface area (TPSA) is 188 Å². The van der Waals surface area contributed by atoms with Crippen molar-refractivity contribution in [1.82, 2.24) is 5.06 Å². The van der Waals surface area contributed by atoms with Crippen LogP contribution in [0, 0.1) is 0 Å². The maximum Gasteiger partial charge on any atom is 0.322 e. The summed E-state index contributed by atoms with van der Waals surface area (Å²) < 4.78 is 0. The van der Waals surface area contributed by atoms with E-state index in [1.54, 1.807) is 48.5 Å². The molecule has 4 N–H and O–H groups in total. The molecular formula is C24H27N3O10. The molecule has 2 atom stereocenters. The Morgan fingerprint density at radius 2 is 1.14 bits per heavy atom. The van der Waals surface area contributed by atoms with Crippen LogP contribution < -0.4 is 0 Å². The molecule has 2 aromatic carbocycles. The van der Waals surface area contributed by atoms with Crippen LogP contribution in [0.4, 0.5) is 0 Å². The lowest BCUT2D eigenvalue weighted by atomic mass is 10.0. The summed E-state index contributed by atoms with van der Waals surface area (Å²) in [4.78, 5) is 45.9.